The zero-order chi connectivity index (χ0) is 24.2. The molecule has 1 atom stereocenters. The highest BCUT2D eigenvalue weighted by Crippen LogP contribution is 2.24. The summed E-state index contributed by atoms with van der Waals surface area (Å²) < 4.78 is 16.9. The number of H-pyrrole nitrogens is 1. The zero-order valence-corrected chi connectivity index (χ0v) is 20.0. The summed E-state index contributed by atoms with van der Waals surface area (Å²) in [5, 5.41) is 0.954. The summed E-state index contributed by atoms with van der Waals surface area (Å²) in [4.78, 5) is 32.9. The Morgan fingerprint density at radius 2 is 1.79 bits per heavy atom. The maximum atomic E-state index is 13.4. The number of rotatable bonds is 7. The van der Waals surface area contributed by atoms with Crippen LogP contribution in [0.15, 0.2) is 48.7 Å². The first kappa shape index (κ1) is 23.6. The summed E-state index contributed by atoms with van der Waals surface area (Å²) in [6.07, 6.45) is 1.50. The van der Waals surface area contributed by atoms with Gasteiger partial charge in [-0.1, -0.05) is 0 Å². The van der Waals surface area contributed by atoms with Gasteiger partial charge in [-0.3, -0.25) is 9.59 Å². The molecule has 180 valence electrons. The van der Waals surface area contributed by atoms with Crippen LogP contribution in [-0.4, -0.2) is 72.6 Å². The molecule has 0 radical (unpaired) electrons. The largest absolute Gasteiger partial charge is 0.497 e. The number of nitrogens with one attached hydrogen (secondary N) is 1. The van der Waals surface area contributed by atoms with E-state index >= 15 is 0 Å². The normalized spacial score (nSPS) is 16.7. The van der Waals surface area contributed by atoms with Crippen LogP contribution in [0, 0.1) is 0 Å². The van der Waals surface area contributed by atoms with Crippen LogP contribution in [0.3, 0.4) is 0 Å². The van der Waals surface area contributed by atoms with Gasteiger partial charge in [-0.25, -0.2) is 0 Å². The molecule has 1 aliphatic heterocycles. The van der Waals surface area contributed by atoms with Crippen LogP contribution in [0.4, 0.5) is 0 Å². The van der Waals surface area contributed by atoms with Crippen LogP contribution in [0.5, 0.6) is 11.5 Å². The van der Waals surface area contributed by atoms with Crippen molar-refractivity contribution >= 4 is 22.7 Å². The van der Waals surface area contributed by atoms with E-state index in [1.807, 2.05) is 50.4 Å². The standard InChI is InChI=1S/C26H31N3O5/c1-17(2)29-14-23(34-16-18-9-21(32-3)12-22(10-18)33-4)13-28(15-25(29)30)26(31)20-5-6-24-19(11-20)7-8-27-24/h5-12,17,23,27H,13-16H2,1-4H3. The molecule has 2 heterocycles. The molecular formula is C26H31N3O5. The maximum Gasteiger partial charge on any atom is 0.254 e. The van der Waals surface area contributed by atoms with Crippen molar-refractivity contribution < 1.29 is 23.8 Å². The molecule has 0 bridgehead atoms. The maximum absolute atomic E-state index is 13.4. The predicted octanol–water partition coefficient (Wildman–Crippen LogP) is 3.46. The molecule has 1 fully saturated rings. The molecule has 0 saturated carbocycles. The molecule has 34 heavy (non-hydrogen) atoms. The Bertz CT molecular complexity index is 1150. The summed E-state index contributed by atoms with van der Waals surface area (Å²) in [5.41, 5.74) is 2.40. The molecule has 1 aromatic heterocycles. The number of hydrogen-bond donors (Lipinski definition) is 1. The van der Waals surface area contributed by atoms with Crippen LogP contribution in [0.25, 0.3) is 10.9 Å². The van der Waals surface area contributed by atoms with Crippen molar-refractivity contribution in [3.05, 3.63) is 59.8 Å². The van der Waals surface area contributed by atoms with E-state index in [1.54, 1.807) is 36.2 Å². The van der Waals surface area contributed by atoms with E-state index < -0.39 is 0 Å². The van der Waals surface area contributed by atoms with Crippen molar-refractivity contribution in [1.29, 1.82) is 0 Å². The monoisotopic (exact) mass is 465 g/mol. The number of amides is 2. The Balaban J connectivity index is 1.54. The minimum Gasteiger partial charge on any atom is -0.497 e. The number of benzene rings is 2. The number of carbonyl (C=O) groups is 2. The summed E-state index contributed by atoms with van der Waals surface area (Å²) in [6, 6.07) is 13.0. The Morgan fingerprint density at radius 3 is 2.47 bits per heavy atom. The van der Waals surface area contributed by atoms with Gasteiger partial charge >= 0.3 is 0 Å². The first-order valence-corrected chi connectivity index (χ1v) is 11.4. The third-order valence-corrected chi connectivity index (χ3v) is 6.08. The average Bonchev–Trinajstić information content (AvgIpc) is 3.24. The SMILES string of the molecule is COc1cc(COC2CN(C(=O)c3ccc4[nH]ccc4c3)CC(=O)N(C(C)C)C2)cc(OC)c1. The topological polar surface area (TPSA) is 84.1 Å². The molecule has 0 aliphatic carbocycles. The fourth-order valence-electron chi connectivity index (χ4n) is 4.23. The van der Waals surface area contributed by atoms with Crippen LogP contribution in [0.1, 0.15) is 29.8 Å². The van der Waals surface area contributed by atoms with Gasteiger partial charge in [-0.05, 0) is 55.8 Å². The molecule has 1 N–H and O–H groups in total. The lowest BCUT2D eigenvalue weighted by Gasteiger charge is -2.27. The second-order valence-electron chi connectivity index (χ2n) is 8.76. The smallest absolute Gasteiger partial charge is 0.254 e. The molecule has 3 aromatic rings. The van der Waals surface area contributed by atoms with Gasteiger partial charge in [-0.15, -0.1) is 0 Å². The van der Waals surface area contributed by atoms with Gasteiger partial charge in [0.1, 0.15) is 18.0 Å². The second kappa shape index (κ2) is 10.2. The fraction of sp³-hybridized carbons (Fsp3) is 0.385. The summed E-state index contributed by atoms with van der Waals surface area (Å²) in [5.74, 6) is 1.09. The van der Waals surface area contributed by atoms with Gasteiger partial charge in [0, 0.05) is 47.9 Å². The third-order valence-electron chi connectivity index (χ3n) is 6.08. The van der Waals surface area contributed by atoms with Gasteiger partial charge in [0.25, 0.3) is 5.91 Å². The highest BCUT2D eigenvalue weighted by Gasteiger charge is 2.32. The first-order chi connectivity index (χ1) is 16.4. The van der Waals surface area contributed by atoms with Gasteiger partial charge in [0.15, 0.2) is 0 Å². The van der Waals surface area contributed by atoms with E-state index in [2.05, 4.69) is 4.98 Å². The Hall–Kier alpha value is -3.52. The molecule has 4 rings (SSSR count). The van der Waals surface area contributed by atoms with Crippen molar-refractivity contribution in [3.8, 4) is 11.5 Å². The molecule has 1 aliphatic rings. The molecular weight excluding hydrogens is 434 g/mol. The minimum atomic E-state index is -0.342. The van der Waals surface area contributed by atoms with Crippen molar-refractivity contribution in [2.45, 2.75) is 32.6 Å². The number of hydrogen-bond acceptors (Lipinski definition) is 5. The van der Waals surface area contributed by atoms with E-state index in [9.17, 15) is 9.59 Å². The zero-order valence-electron chi connectivity index (χ0n) is 20.0. The van der Waals surface area contributed by atoms with Crippen LogP contribution >= 0.6 is 0 Å². The Kier molecular flexibility index (Phi) is 7.07. The molecule has 2 aromatic carbocycles. The Morgan fingerprint density at radius 1 is 1.06 bits per heavy atom. The van der Waals surface area contributed by atoms with Gasteiger partial charge in [-0.2, -0.15) is 0 Å². The summed E-state index contributed by atoms with van der Waals surface area (Å²) in [7, 11) is 3.20. The quantitative estimate of drug-likeness (QED) is 0.578. The number of aromatic nitrogens is 1. The lowest BCUT2D eigenvalue weighted by molar-refractivity contribution is -0.133. The molecule has 8 nitrogen and oxygen atoms in total. The second-order valence-corrected chi connectivity index (χ2v) is 8.76. The molecule has 1 unspecified atom stereocenters. The Labute approximate surface area is 199 Å². The highest BCUT2D eigenvalue weighted by atomic mass is 16.5. The average molecular weight is 466 g/mol. The van der Waals surface area contributed by atoms with Crippen molar-refractivity contribution in [1.82, 2.24) is 14.8 Å². The van der Waals surface area contributed by atoms with Gasteiger partial charge in [0.2, 0.25) is 5.91 Å². The van der Waals surface area contributed by atoms with Gasteiger partial charge < -0.3 is 29.0 Å². The molecule has 0 spiro atoms. The van der Waals surface area contributed by atoms with Crippen molar-refractivity contribution in [2.75, 3.05) is 33.9 Å². The van der Waals surface area contributed by atoms with Crippen molar-refractivity contribution in [2.24, 2.45) is 0 Å². The fourth-order valence-corrected chi connectivity index (χ4v) is 4.23. The molecule has 8 heteroatoms. The lowest BCUT2D eigenvalue weighted by Crippen LogP contribution is -2.42. The minimum absolute atomic E-state index is 0.00164. The third kappa shape index (κ3) is 5.17. The number of nitrogens with zero attached hydrogens (tertiary/aromatic N) is 2. The summed E-state index contributed by atoms with van der Waals surface area (Å²) in [6.45, 7) is 5.00. The highest BCUT2D eigenvalue weighted by molar-refractivity contribution is 5.99. The number of methoxy groups -OCH3 is 2. The van der Waals surface area contributed by atoms with Crippen LogP contribution in [-0.2, 0) is 16.1 Å². The van der Waals surface area contributed by atoms with E-state index in [1.165, 1.54) is 0 Å². The van der Waals surface area contributed by atoms with E-state index in [4.69, 9.17) is 14.2 Å². The summed E-state index contributed by atoms with van der Waals surface area (Å²) >= 11 is 0. The number of ether oxygens (including phenoxy) is 3. The van der Waals surface area contributed by atoms with E-state index in [0.717, 1.165) is 16.5 Å². The van der Waals surface area contributed by atoms with Crippen LogP contribution in [0.2, 0.25) is 0 Å². The predicted molar refractivity (Wildman–Crippen MR) is 129 cm³/mol. The first-order valence-electron chi connectivity index (χ1n) is 11.4. The number of fused-ring (bicyclic) bond motifs is 1. The molecule has 2 amide bonds. The number of carbonyl (C=O) groups excluding carboxylic acids is 2. The molecule has 1 saturated heterocycles. The van der Waals surface area contributed by atoms with Crippen LogP contribution < -0.4 is 9.47 Å². The lowest BCUT2D eigenvalue weighted by atomic mass is 10.1. The van der Waals surface area contributed by atoms with Crippen molar-refractivity contribution in [3.63, 3.8) is 0 Å². The van der Waals surface area contributed by atoms with E-state index in [0.29, 0.717) is 36.8 Å². The van der Waals surface area contributed by atoms with E-state index in [-0.39, 0.29) is 30.5 Å². The van der Waals surface area contributed by atoms with Gasteiger partial charge in [0.05, 0.1) is 26.9 Å². The number of aromatic amines is 1.